The summed E-state index contributed by atoms with van der Waals surface area (Å²) in [6.45, 7) is 2.58. The Hall–Kier alpha value is -2.26. The van der Waals surface area contributed by atoms with Crippen LogP contribution in [0.15, 0.2) is 41.3 Å². The normalized spacial score (nSPS) is 27.9. The molecule has 210 valence electrons. The van der Waals surface area contributed by atoms with E-state index in [4.69, 9.17) is 44.9 Å². The minimum absolute atomic E-state index is 0.0620. The largest absolute Gasteiger partial charge is 0.490 e. The van der Waals surface area contributed by atoms with E-state index in [9.17, 15) is 9.59 Å². The second kappa shape index (κ2) is 11.2. The minimum atomic E-state index is -0.371. The molecule has 4 aliphatic carbocycles. The summed E-state index contributed by atoms with van der Waals surface area (Å²) in [4.78, 5) is 27.3. The Morgan fingerprint density at radius 1 is 1.10 bits per heavy atom. The van der Waals surface area contributed by atoms with E-state index >= 15 is 0 Å². The number of carbonyl (C=O) groups excluding carboxylic acids is 2. The third-order valence-corrected chi connectivity index (χ3v) is 10.3. The number of hydrazine groups is 1. The molecule has 40 heavy (non-hydrogen) atoms. The van der Waals surface area contributed by atoms with Gasteiger partial charge in [0.25, 0.3) is 5.91 Å². The fourth-order valence-corrected chi connectivity index (χ4v) is 8.71. The van der Waals surface area contributed by atoms with Gasteiger partial charge in [-0.3, -0.25) is 15.0 Å². The number of thioether (sulfide) groups is 1. The molecule has 1 saturated heterocycles. The molecule has 4 saturated carbocycles. The first kappa shape index (κ1) is 27.9. The summed E-state index contributed by atoms with van der Waals surface area (Å²) in [5, 5.41) is 2.25. The molecule has 5 aliphatic rings. The predicted molar refractivity (Wildman–Crippen MR) is 162 cm³/mol. The van der Waals surface area contributed by atoms with Crippen LogP contribution in [0.3, 0.4) is 0 Å². The van der Waals surface area contributed by atoms with Crippen LogP contribution in [0.25, 0.3) is 6.08 Å². The molecule has 7 rings (SSSR count). The summed E-state index contributed by atoms with van der Waals surface area (Å²) in [6, 6.07) is 10.9. The lowest BCUT2D eigenvalue weighted by atomic mass is 9.49. The van der Waals surface area contributed by atoms with Crippen molar-refractivity contribution in [3.05, 3.63) is 62.5 Å². The number of amides is 2. The van der Waals surface area contributed by atoms with Crippen LogP contribution >= 0.6 is 47.2 Å². The summed E-state index contributed by atoms with van der Waals surface area (Å²) < 4.78 is 12.1. The van der Waals surface area contributed by atoms with Gasteiger partial charge in [0.1, 0.15) is 6.61 Å². The Balaban J connectivity index is 1.18. The lowest BCUT2D eigenvalue weighted by Gasteiger charge is -2.55. The standard InChI is InChI=1S/C30H30Cl2N2O4S2/c1-2-37-24-11-18(10-23(32)26(24)38-16-17-3-5-22(31)6-4-17)12-25-27(35)34(29(39)40-25)33-28(36)30-13-19-7-20(14-30)9-21(8-19)15-30/h3-6,10-12,19-21H,2,7-9,13-16H2,1H3,(H,33,36)/b25-12+. The third kappa shape index (κ3) is 5.48. The van der Waals surface area contributed by atoms with Crippen LogP contribution in [0.1, 0.15) is 56.6 Å². The Morgan fingerprint density at radius 3 is 2.38 bits per heavy atom. The van der Waals surface area contributed by atoms with Gasteiger partial charge in [-0.15, -0.1) is 0 Å². The van der Waals surface area contributed by atoms with E-state index in [1.54, 1.807) is 30.3 Å². The molecule has 4 bridgehead atoms. The van der Waals surface area contributed by atoms with E-state index < -0.39 is 0 Å². The van der Waals surface area contributed by atoms with Gasteiger partial charge in [-0.1, -0.05) is 47.1 Å². The van der Waals surface area contributed by atoms with Gasteiger partial charge in [0.15, 0.2) is 15.8 Å². The molecule has 10 heteroatoms. The second-order valence-electron chi connectivity index (χ2n) is 11.3. The number of halogens is 2. The molecule has 6 nitrogen and oxygen atoms in total. The molecule has 0 radical (unpaired) electrons. The molecular formula is C30H30Cl2N2O4S2. The third-order valence-electron chi connectivity index (χ3n) is 8.45. The fourth-order valence-electron chi connectivity index (χ4n) is 7.13. The van der Waals surface area contributed by atoms with Crippen molar-refractivity contribution in [2.45, 2.75) is 52.1 Å². The number of hydrogen-bond acceptors (Lipinski definition) is 6. The predicted octanol–water partition coefficient (Wildman–Crippen LogP) is 7.42. The highest BCUT2D eigenvalue weighted by atomic mass is 35.5. The summed E-state index contributed by atoms with van der Waals surface area (Å²) in [5.74, 6) is 2.38. The van der Waals surface area contributed by atoms with Crippen LogP contribution in [-0.2, 0) is 16.2 Å². The number of nitrogens with zero attached hydrogens (tertiary/aromatic N) is 1. The number of rotatable bonds is 8. The Morgan fingerprint density at radius 2 is 1.75 bits per heavy atom. The van der Waals surface area contributed by atoms with Crippen LogP contribution < -0.4 is 14.9 Å². The van der Waals surface area contributed by atoms with Crippen LogP contribution in [0.4, 0.5) is 0 Å². The maximum atomic E-state index is 13.5. The first-order valence-electron chi connectivity index (χ1n) is 13.7. The molecule has 2 amide bonds. The number of thiocarbonyl (C=S) groups is 1. The zero-order valence-electron chi connectivity index (χ0n) is 22.1. The molecule has 5 fully saturated rings. The molecule has 0 aromatic heterocycles. The smallest absolute Gasteiger partial charge is 0.285 e. The van der Waals surface area contributed by atoms with Crippen LogP contribution in [0.5, 0.6) is 11.5 Å². The van der Waals surface area contributed by atoms with E-state index in [0.29, 0.717) is 67.3 Å². The maximum Gasteiger partial charge on any atom is 0.285 e. The van der Waals surface area contributed by atoms with Gasteiger partial charge in [-0.2, -0.15) is 5.01 Å². The Kier molecular flexibility index (Phi) is 7.81. The van der Waals surface area contributed by atoms with Crippen molar-refractivity contribution < 1.29 is 19.1 Å². The van der Waals surface area contributed by atoms with E-state index in [1.807, 2.05) is 19.1 Å². The number of nitrogens with one attached hydrogen (secondary N) is 1. The SMILES string of the molecule is CCOc1cc(/C=C2/SC(=S)N(NC(=O)C34CC5CC(CC(C5)C3)C4)C2=O)cc(Cl)c1OCc1ccc(Cl)cc1. The zero-order chi connectivity index (χ0) is 28.0. The van der Waals surface area contributed by atoms with Crippen molar-refractivity contribution in [1.82, 2.24) is 10.4 Å². The number of carbonyl (C=O) groups is 2. The summed E-state index contributed by atoms with van der Waals surface area (Å²) in [7, 11) is 0. The van der Waals surface area contributed by atoms with Crippen molar-refractivity contribution in [3.8, 4) is 11.5 Å². The highest BCUT2D eigenvalue weighted by Gasteiger charge is 2.55. The molecule has 0 spiro atoms. The van der Waals surface area contributed by atoms with E-state index in [-0.39, 0.29) is 17.2 Å². The van der Waals surface area contributed by atoms with Crippen molar-refractivity contribution in [3.63, 3.8) is 0 Å². The quantitative estimate of drug-likeness (QED) is 0.246. The zero-order valence-corrected chi connectivity index (χ0v) is 25.2. The highest BCUT2D eigenvalue weighted by molar-refractivity contribution is 8.26. The number of ether oxygens (including phenoxy) is 2. The van der Waals surface area contributed by atoms with Crippen LogP contribution in [0.2, 0.25) is 10.0 Å². The minimum Gasteiger partial charge on any atom is -0.490 e. The monoisotopic (exact) mass is 616 g/mol. The number of benzene rings is 2. The van der Waals surface area contributed by atoms with E-state index in [0.717, 1.165) is 36.6 Å². The molecule has 2 aromatic rings. The van der Waals surface area contributed by atoms with Gasteiger partial charge in [0.05, 0.1) is 21.9 Å². The first-order valence-corrected chi connectivity index (χ1v) is 15.6. The van der Waals surface area contributed by atoms with Crippen LogP contribution in [0, 0.1) is 23.2 Å². The van der Waals surface area contributed by atoms with Gasteiger partial charge in [-0.05, 0) is 117 Å². The van der Waals surface area contributed by atoms with Gasteiger partial charge in [0, 0.05) is 5.02 Å². The van der Waals surface area contributed by atoms with Crippen LogP contribution in [-0.4, -0.2) is 27.8 Å². The lowest BCUT2D eigenvalue weighted by Crippen LogP contribution is -2.57. The van der Waals surface area contributed by atoms with Gasteiger partial charge in [-0.25, -0.2) is 0 Å². The molecule has 0 unspecified atom stereocenters. The topological polar surface area (TPSA) is 67.9 Å². The molecule has 1 aliphatic heterocycles. The molecule has 1 heterocycles. The van der Waals surface area contributed by atoms with E-state index in [1.165, 1.54) is 24.3 Å². The average molecular weight is 618 g/mol. The maximum absolute atomic E-state index is 13.5. The van der Waals surface area contributed by atoms with Gasteiger partial charge in [0.2, 0.25) is 5.91 Å². The summed E-state index contributed by atoms with van der Waals surface area (Å²) in [6.07, 6.45) is 8.20. The molecule has 1 N–H and O–H groups in total. The van der Waals surface area contributed by atoms with Crippen molar-refractivity contribution in [1.29, 1.82) is 0 Å². The summed E-state index contributed by atoms with van der Waals surface area (Å²) in [5.41, 5.74) is 4.13. The van der Waals surface area contributed by atoms with Gasteiger partial charge >= 0.3 is 0 Å². The second-order valence-corrected chi connectivity index (χ2v) is 13.9. The molecule has 0 atom stereocenters. The summed E-state index contributed by atoms with van der Waals surface area (Å²) >= 11 is 19.3. The lowest BCUT2D eigenvalue weighted by molar-refractivity contribution is -0.152. The average Bonchev–Trinajstić information content (AvgIpc) is 3.16. The number of hydrogen-bond donors (Lipinski definition) is 1. The fraction of sp³-hybridized carbons (Fsp3) is 0.433. The highest BCUT2D eigenvalue weighted by Crippen LogP contribution is 2.60. The Bertz CT molecular complexity index is 1360. The van der Waals surface area contributed by atoms with Crippen molar-refractivity contribution in [2.75, 3.05) is 6.61 Å². The first-order chi connectivity index (χ1) is 19.2. The molecule has 2 aromatic carbocycles. The van der Waals surface area contributed by atoms with Crippen molar-refractivity contribution >= 4 is 69.4 Å². The van der Waals surface area contributed by atoms with Crippen molar-refractivity contribution in [2.24, 2.45) is 23.2 Å². The van der Waals surface area contributed by atoms with Gasteiger partial charge < -0.3 is 9.47 Å². The molecular weight excluding hydrogens is 587 g/mol. The van der Waals surface area contributed by atoms with E-state index in [2.05, 4.69) is 5.43 Å². The Labute approximate surface area is 253 Å².